The summed E-state index contributed by atoms with van der Waals surface area (Å²) in [6.45, 7) is 9.65. The highest BCUT2D eigenvalue weighted by Crippen LogP contribution is 2.25. The predicted molar refractivity (Wildman–Crippen MR) is 80.0 cm³/mol. The van der Waals surface area contributed by atoms with E-state index in [0.717, 1.165) is 12.0 Å². The molecule has 2 heteroatoms. The summed E-state index contributed by atoms with van der Waals surface area (Å²) in [6, 6.07) is 9.95. The fraction of sp³-hybridized carbons (Fsp3) is 0.647. The normalized spacial score (nSPS) is 15.2. The standard InChI is InChI=1S/C17H28O2/c1-14(13-17(2,3)4)10-11-19-16(18)12-15-8-6-5-7-9-15/h5-9,14,16,18H,10-13H2,1-4H3. The van der Waals surface area contributed by atoms with Crippen LogP contribution < -0.4 is 0 Å². The summed E-state index contributed by atoms with van der Waals surface area (Å²) in [7, 11) is 0. The Morgan fingerprint density at radius 2 is 1.79 bits per heavy atom. The molecule has 2 unspecified atom stereocenters. The van der Waals surface area contributed by atoms with Gasteiger partial charge in [0.2, 0.25) is 0 Å². The van der Waals surface area contributed by atoms with Crippen LogP contribution in [0.15, 0.2) is 30.3 Å². The van der Waals surface area contributed by atoms with E-state index in [-0.39, 0.29) is 0 Å². The molecule has 19 heavy (non-hydrogen) atoms. The van der Waals surface area contributed by atoms with E-state index in [9.17, 15) is 5.11 Å². The van der Waals surface area contributed by atoms with Crippen LogP contribution in [0.25, 0.3) is 0 Å². The van der Waals surface area contributed by atoms with E-state index in [2.05, 4.69) is 27.7 Å². The van der Waals surface area contributed by atoms with Gasteiger partial charge in [-0.05, 0) is 29.7 Å². The van der Waals surface area contributed by atoms with Crippen molar-refractivity contribution in [2.45, 2.75) is 53.2 Å². The average molecular weight is 264 g/mol. The van der Waals surface area contributed by atoms with E-state index in [1.165, 1.54) is 6.42 Å². The lowest BCUT2D eigenvalue weighted by molar-refractivity contribution is -0.101. The second-order valence-corrected chi connectivity index (χ2v) is 6.67. The molecule has 108 valence electrons. The molecule has 0 bridgehead atoms. The fourth-order valence-corrected chi connectivity index (χ4v) is 2.43. The van der Waals surface area contributed by atoms with Gasteiger partial charge in [-0.25, -0.2) is 0 Å². The highest BCUT2D eigenvalue weighted by molar-refractivity contribution is 5.14. The highest BCUT2D eigenvalue weighted by atomic mass is 16.6. The van der Waals surface area contributed by atoms with Crippen molar-refractivity contribution in [2.24, 2.45) is 11.3 Å². The zero-order valence-corrected chi connectivity index (χ0v) is 12.7. The Balaban J connectivity index is 2.19. The molecule has 0 aliphatic carbocycles. The maximum atomic E-state index is 9.83. The molecule has 0 saturated carbocycles. The molecule has 0 aromatic heterocycles. The van der Waals surface area contributed by atoms with Gasteiger partial charge in [-0.2, -0.15) is 0 Å². The quantitative estimate of drug-likeness (QED) is 0.754. The highest BCUT2D eigenvalue weighted by Gasteiger charge is 2.15. The van der Waals surface area contributed by atoms with Crippen LogP contribution in [0, 0.1) is 11.3 Å². The minimum Gasteiger partial charge on any atom is -0.368 e. The van der Waals surface area contributed by atoms with Gasteiger partial charge in [0, 0.05) is 13.0 Å². The Bertz CT molecular complexity index is 340. The van der Waals surface area contributed by atoms with E-state index in [4.69, 9.17) is 4.74 Å². The third-order valence-electron chi connectivity index (χ3n) is 3.13. The molecule has 2 nitrogen and oxygen atoms in total. The van der Waals surface area contributed by atoms with Crippen LogP contribution in [0.3, 0.4) is 0 Å². The number of aliphatic hydroxyl groups excluding tert-OH is 1. The maximum absolute atomic E-state index is 9.83. The van der Waals surface area contributed by atoms with Gasteiger partial charge in [0.15, 0.2) is 6.29 Å². The first-order valence-corrected chi connectivity index (χ1v) is 7.20. The number of hydrogen-bond donors (Lipinski definition) is 1. The number of aliphatic hydroxyl groups is 1. The zero-order chi connectivity index (χ0) is 14.3. The fourth-order valence-electron chi connectivity index (χ4n) is 2.43. The van der Waals surface area contributed by atoms with Gasteiger partial charge in [0.25, 0.3) is 0 Å². The van der Waals surface area contributed by atoms with Gasteiger partial charge < -0.3 is 9.84 Å². The third kappa shape index (κ3) is 8.02. The molecule has 0 radical (unpaired) electrons. The molecule has 1 rings (SSSR count). The molecule has 0 aliphatic heterocycles. The first-order valence-electron chi connectivity index (χ1n) is 7.20. The summed E-state index contributed by atoms with van der Waals surface area (Å²) in [4.78, 5) is 0. The molecule has 0 amide bonds. The molecule has 1 N–H and O–H groups in total. The van der Waals surface area contributed by atoms with E-state index in [0.29, 0.717) is 24.4 Å². The molecule has 1 aromatic rings. The summed E-state index contributed by atoms with van der Waals surface area (Å²) in [5.41, 5.74) is 1.47. The third-order valence-corrected chi connectivity index (χ3v) is 3.13. The lowest BCUT2D eigenvalue weighted by Gasteiger charge is -2.23. The zero-order valence-electron chi connectivity index (χ0n) is 12.7. The van der Waals surface area contributed by atoms with E-state index in [1.54, 1.807) is 0 Å². The first kappa shape index (κ1) is 16.2. The number of ether oxygens (including phenoxy) is 1. The second-order valence-electron chi connectivity index (χ2n) is 6.67. The number of benzene rings is 1. The largest absolute Gasteiger partial charge is 0.368 e. The molecular formula is C17H28O2. The molecule has 2 atom stereocenters. The molecule has 0 aliphatic rings. The lowest BCUT2D eigenvalue weighted by atomic mass is 9.84. The van der Waals surface area contributed by atoms with Gasteiger partial charge in [-0.15, -0.1) is 0 Å². The Kier molecular flexibility index (Phi) is 6.53. The molecule has 0 saturated heterocycles. The predicted octanol–water partition coefficient (Wildman–Crippen LogP) is 4.03. The summed E-state index contributed by atoms with van der Waals surface area (Å²) in [6.07, 6.45) is 2.06. The van der Waals surface area contributed by atoms with Crippen molar-refractivity contribution < 1.29 is 9.84 Å². The van der Waals surface area contributed by atoms with Crippen LogP contribution >= 0.6 is 0 Å². The maximum Gasteiger partial charge on any atom is 0.158 e. The number of hydrogen-bond acceptors (Lipinski definition) is 2. The lowest BCUT2D eigenvalue weighted by Crippen LogP contribution is -2.18. The Labute approximate surface area is 117 Å². The summed E-state index contributed by atoms with van der Waals surface area (Å²) in [5.74, 6) is 0.629. The molecule has 0 heterocycles. The van der Waals surface area contributed by atoms with Crippen LogP contribution in [0.5, 0.6) is 0 Å². The van der Waals surface area contributed by atoms with Crippen LogP contribution in [-0.2, 0) is 11.2 Å². The van der Waals surface area contributed by atoms with Crippen molar-refractivity contribution in [3.05, 3.63) is 35.9 Å². The summed E-state index contributed by atoms with van der Waals surface area (Å²) in [5, 5.41) is 9.83. The van der Waals surface area contributed by atoms with Gasteiger partial charge in [-0.3, -0.25) is 0 Å². The SMILES string of the molecule is CC(CCOC(O)Cc1ccccc1)CC(C)(C)C. The van der Waals surface area contributed by atoms with Crippen LogP contribution in [0.2, 0.25) is 0 Å². The van der Waals surface area contributed by atoms with E-state index in [1.807, 2.05) is 30.3 Å². The molecular weight excluding hydrogens is 236 g/mol. The van der Waals surface area contributed by atoms with Crippen molar-refractivity contribution in [3.8, 4) is 0 Å². The smallest absolute Gasteiger partial charge is 0.158 e. The van der Waals surface area contributed by atoms with E-state index >= 15 is 0 Å². The minimum absolute atomic E-state index is 0.363. The van der Waals surface area contributed by atoms with Crippen molar-refractivity contribution in [3.63, 3.8) is 0 Å². The molecule has 0 fully saturated rings. The van der Waals surface area contributed by atoms with Crippen LogP contribution in [0.1, 0.15) is 46.1 Å². The van der Waals surface area contributed by atoms with Gasteiger partial charge in [-0.1, -0.05) is 58.0 Å². The van der Waals surface area contributed by atoms with Crippen LogP contribution in [-0.4, -0.2) is 18.0 Å². The first-order chi connectivity index (χ1) is 8.87. The molecule has 1 aromatic carbocycles. The minimum atomic E-state index is -0.691. The van der Waals surface area contributed by atoms with Crippen molar-refractivity contribution in [2.75, 3.05) is 6.61 Å². The number of rotatable bonds is 7. The summed E-state index contributed by atoms with van der Waals surface area (Å²) < 4.78 is 5.49. The van der Waals surface area contributed by atoms with Gasteiger partial charge >= 0.3 is 0 Å². The average Bonchev–Trinajstić information content (AvgIpc) is 2.27. The summed E-state index contributed by atoms with van der Waals surface area (Å²) >= 11 is 0. The van der Waals surface area contributed by atoms with E-state index < -0.39 is 6.29 Å². The van der Waals surface area contributed by atoms with Crippen molar-refractivity contribution >= 4 is 0 Å². The Morgan fingerprint density at radius 3 is 2.37 bits per heavy atom. The topological polar surface area (TPSA) is 29.5 Å². The van der Waals surface area contributed by atoms with Crippen LogP contribution in [0.4, 0.5) is 0 Å². The monoisotopic (exact) mass is 264 g/mol. The van der Waals surface area contributed by atoms with Gasteiger partial charge in [0.1, 0.15) is 0 Å². The second kappa shape index (κ2) is 7.66. The molecule has 0 spiro atoms. The Morgan fingerprint density at radius 1 is 1.16 bits per heavy atom. The van der Waals surface area contributed by atoms with Gasteiger partial charge in [0.05, 0.1) is 0 Å². The van der Waals surface area contributed by atoms with Crippen molar-refractivity contribution in [1.29, 1.82) is 0 Å². The Hall–Kier alpha value is -0.860. The van der Waals surface area contributed by atoms with Crippen molar-refractivity contribution in [1.82, 2.24) is 0 Å².